The summed E-state index contributed by atoms with van der Waals surface area (Å²) in [6.07, 6.45) is 75.9. The van der Waals surface area contributed by atoms with Crippen molar-refractivity contribution in [2.45, 2.75) is 334 Å². The SMILES string of the molecule is CCC/C=C\C/C=C\CCCCCCCC(=O)OCCCCCCCCCCCCCC/C=C\CCCCCCCCCCCCCC(=O)NC(CO)C(O)/C=C/CCCCCCCCCCCCC. The van der Waals surface area contributed by atoms with Gasteiger partial charge in [0.15, 0.2) is 0 Å². The Morgan fingerprint density at radius 2 is 0.743 bits per heavy atom. The van der Waals surface area contributed by atoms with E-state index in [-0.39, 0.29) is 18.5 Å². The van der Waals surface area contributed by atoms with Gasteiger partial charge in [0.25, 0.3) is 0 Å². The Morgan fingerprint density at radius 1 is 0.400 bits per heavy atom. The van der Waals surface area contributed by atoms with Gasteiger partial charge in [-0.2, -0.15) is 0 Å². The summed E-state index contributed by atoms with van der Waals surface area (Å²) in [5, 5.41) is 23.1. The van der Waals surface area contributed by atoms with Crippen molar-refractivity contribution in [2.75, 3.05) is 13.2 Å². The standard InChI is InChI=1S/C64H119NO5/c1-3-5-7-9-11-13-15-32-36-40-44-48-52-56-62(67)61(60-66)65-63(68)57-53-49-45-41-37-34-30-28-26-24-22-20-18-17-19-21-23-25-27-29-31-35-39-43-47-51-55-59-70-64(69)58-54-50-46-42-38-33-16-14-12-10-8-6-4-2/h8,10,14,16-18,52,56,61-62,66-67H,3-7,9,11-13,15,19-51,53-55,57-60H2,1-2H3,(H,65,68)/b10-8-,16-14-,18-17-,56-52+. The molecule has 410 valence electrons. The number of carbonyl (C=O) groups is 2. The molecule has 2 unspecified atom stereocenters. The summed E-state index contributed by atoms with van der Waals surface area (Å²) in [5.41, 5.74) is 0. The molecule has 6 heteroatoms. The van der Waals surface area contributed by atoms with E-state index in [0.717, 1.165) is 51.4 Å². The predicted molar refractivity (Wildman–Crippen MR) is 306 cm³/mol. The van der Waals surface area contributed by atoms with Crippen LogP contribution in [0.15, 0.2) is 48.6 Å². The lowest BCUT2D eigenvalue weighted by molar-refractivity contribution is -0.143. The number of ether oxygens (including phenoxy) is 1. The predicted octanol–water partition coefficient (Wildman–Crippen LogP) is 19.4. The fourth-order valence-corrected chi connectivity index (χ4v) is 9.31. The molecule has 0 saturated carbocycles. The van der Waals surface area contributed by atoms with Gasteiger partial charge in [-0.3, -0.25) is 9.59 Å². The molecule has 3 N–H and O–H groups in total. The summed E-state index contributed by atoms with van der Waals surface area (Å²) in [4.78, 5) is 24.5. The number of hydrogen-bond acceptors (Lipinski definition) is 5. The van der Waals surface area contributed by atoms with Crippen LogP contribution in [0.2, 0.25) is 0 Å². The molecule has 0 bridgehead atoms. The van der Waals surface area contributed by atoms with Crippen molar-refractivity contribution in [3.63, 3.8) is 0 Å². The van der Waals surface area contributed by atoms with Gasteiger partial charge in [-0.1, -0.05) is 274 Å². The smallest absolute Gasteiger partial charge is 0.305 e. The second-order valence-corrected chi connectivity index (χ2v) is 21.0. The highest BCUT2D eigenvalue weighted by Crippen LogP contribution is 2.17. The molecule has 0 aliphatic rings. The zero-order valence-corrected chi connectivity index (χ0v) is 46.7. The van der Waals surface area contributed by atoms with Gasteiger partial charge in [0.05, 0.1) is 25.4 Å². The van der Waals surface area contributed by atoms with Gasteiger partial charge < -0.3 is 20.3 Å². The van der Waals surface area contributed by atoms with Gasteiger partial charge >= 0.3 is 5.97 Å². The van der Waals surface area contributed by atoms with Crippen LogP contribution in [0.5, 0.6) is 0 Å². The Morgan fingerprint density at radius 3 is 1.16 bits per heavy atom. The lowest BCUT2D eigenvalue weighted by Gasteiger charge is -2.20. The first kappa shape index (κ1) is 67.8. The molecule has 2 atom stereocenters. The number of allylic oxidation sites excluding steroid dienone is 7. The quantitative estimate of drug-likeness (QED) is 0.0321. The molecule has 0 fully saturated rings. The number of esters is 1. The van der Waals surface area contributed by atoms with Crippen LogP contribution in [0.4, 0.5) is 0 Å². The number of aliphatic hydroxyl groups excluding tert-OH is 2. The molecule has 0 saturated heterocycles. The first-order valence-electron chi connectivity index (χ1n) is 30.9. The number of unbranched alkanes of at least 4 members (excludes halogenated alkanes) is 40. The van der Waals surface area contributed by atoms with E-state index in [9.17, 15) is 19.8 Å². The lowest BCUT2D eigenvalue weighted by Crippen LogP contribution is -2.45. The molecule has 0 rings (SSSR count). The van der Waals surface area contributed by atoms with Crippen molar-refractivity contribution in [3.8, 4) is 0 Å². The van der Waals surface area contributed by atoms with Gasteiger partial charge in [0, 0.05) is 12.8 Å². The monoisotopic (exact) mass is 982 g/mol. The Balaban J connectivity index is 3.40. The van der Waals surface area contributed by atoms with E-state index in [2.05, 4.69) is 55.6 Å². The van der Waals surface area contributed by atoms with Gasteiger partial charge in [0.1, 0.15) is 0 Å². The topological polar surface area (TPSA) is 95.9 Å². The minimum atomic E-state index is -0.844. The van der Waals surface area contributed by atoms with Gasteiger partial charge in [-0.05, 0) is 83.5 Å². The van der Waals surface area contributed by atoms with Crippen molar-refractivity contribution in [1.29, 1.82) is 0 Å². The summed E-state index contributed by atoms with van der Waals surface area (Å²) in [5.74, 6) is -0.0701. The highest BCUT2D eigenvalue weighted by atomic mass is 16.5. The minimum Gasteiger partial charge on any atom is -0.466 e. The van der Waals surface area contributed by atoms with Gasteiger partial charge in [0.2, 0.25) is 5.91 Å². The van der Waals surface area contributed by atoms with Crippen LogP contribution in [0, 0.1) is 0 Å². The lowest BCUT2D eigenvalue weighted by atomic mass is 10.0. The molecule has 0 aromatic heterocycles. The molecular formula is C64H119NO5. The molecule has 0 radical (unpaired) electrons. The van der Waals surface area contributed by atoms with E-state index < -0.39 is 12.1 Å². The summed E-state index contributed by atoms with van der Waals surface area (Å²) < 4.78 is 5.47. The van der Waals surface area contributed by atoms with E-state index >= 15 is 0 Å². The van der Waals surface area contributed by atoms with Crippen molar-refractivity contribution < 1.29 is 24.5 Å². The summed E-state index contributed by atoms with van der Waals surface area (Å²) in [6.45, 7) is 4.83. The highest BCUT2D eigenvalue weighted by Gasteiger charge is 2.18. The molecule has 0 aliphatic heterocycles. The molecular weight excluding hydrogens is 863 g/mol. The molecule has 1 amide bonds. The highest BCUT2D eigenvalue weighted by molar-refractivity contribution is 5.76. The average Bonchev–Trinajstić information content (AvgIpc) is 3.36. The average molecular weight is 983 g/mol. The van der Waals surface area contributed by atoms with Gasteiger partial charge in [-0.15, -0.1) is 0 Å². The first-order chi connectivity index (χ1) is 34.5. The summed E-state index contributed by atoms with van der Waals surface area (Å²) >= 11 is 0. The van der Waals surface area contributed by atoms with Crippen LogP contribution in [0.1, 0.15) is 322 Å². The zero-order valence-electron chi connectivity index (χ0n) is 46.7. The van der Waals surface area contributed by atoms with E-state index in [0.29, 0.717) is 19.4 Å². The first-order valence-corrected chi connectivity index (χ1v) is 30.9. The molecule has 0 spiro atoms. The minimum absolute atomic E-state index is 0.00112. The zero-order chi connectivity index (χ0) is 50.7. The van der Waals surface area contributed by atoms with E-state index in [1.54, 1.807) is 6.08 Å². The molecule has 6 nitrogen and oxygen atoms in total. The Labute approximate surface area is 436 Å². The van der Waals surface area contributed by atoms with E-state index in [4.69, 9.17) is 4.74 Å². The third-order valence-electron chi connectivity index (χ3n) is 14.0. The number of aliphatic hydroxyl groups is 2. The van der Waals surface area contributed by atoms with Crippen molar-refractivity contribution in [3.05, 3.63) is 48.6 Å². The molecule has 0 heterocycles. The van der Waals surface area contributed by atoms with E-state index in [1.807, 2.05) is 6.08 Å². The number of hydrogen-bond donors (Lipinski definition) is 3. The molecule has 0 aliphatic carbocycles. The van der Waals surface area contributed by atoms with Crippen LogP contribution in [-0.2, 0) is 14.3 Å². The number of nitrogens with one attached hydrogen (secondary N) is 1. The Kier molecular flexibility index (Phi) is 57.5. The summed E-state index contributed by atoms with van der Waals surface area (Å²) in [6, 6.07) is -0.628. The maximum atomic E-state index is 12.4. The maximum Gasteiger partial charge on any atom is 0.305 e. The third kappa shape index (κ3) is 55.1. The number of rotatable bonds is 57. The Bertz CT molecular complexity index is 1180. The second kappa shape index (κ2) is 59.4. The van der Waals surface area contributed by atoms with Crippen LogP contribution >= 0.6 is 0 Å². The second-order valence-electron chi connectivity index (χ2n) is 21.0. The Hall–Kier alpha value is -2.18. The van der Waals surface area contributed by atoms with Crippen LogP contribution in [0.3, 0.4) is 0 Å². The van der Waals surface area contributed by atoms with Crippen molar-refractivity contribution in [2.24, 2.45) is 0 Å². The fraction of sp³-hybridized carbons (Fsp3) is 0.844. The maximum absolute atomic E-state index is 12.4. The van der Waals surface area contributed by atoms with Crippen LogP contribution in [-0.4, -0.2) is 47.4 Å². The molecule has 70 heavy (non-hydrogen) atoms. The van der Waals surface area contributed by atoms with Crippen LogP contribution in [0.25, 0.3) is 0 Å². The van der Waals surface area contributed by atoms with Crippen LogP contribution < -0.4 is 5.32 Å². The molecule has 0 aromatic rings. The van der Waals surface area contributed by atoms with Crippen molar-refractivity contribution in [1.82, 2.24) is 5.32 Å². The van der Waals surface area contributed by atoms with E-state index in [1.165, 1.54) is 244 Å². The number of carbonyl (C=O) groups excluding carboxylic acids is 2. The fourth-order valence-electron chi connectivity index (χ4n) is 9.31. The largest absolute Gasteiger partial charge is 0.466 e. The van der Waals surface area contributed by atoms with Crippen molar-refractivity contribution >= 4 is 11.9 Å². The normalized spacial score (nSPS) is 12.9. The third-order valence-corrected chi connectivity index (χ3v) is 14.0. The molecule has 0 aromatic carbocycles. The van der Waals surface area contributed by atoms with Gasteiger partial charge in [-0.25, -0.2) is 0 Å². The summed E-state index contributed by atoms with van der Waals surface area (Å²) in [7, 11) is 0. The number of amides is 1.